The fourth-order valence-electron chi connectivity index (χ4n) is 2.98. The summed E-state index contributed by atoms with van der Waals surface area (Å²) in [5.41, 5.74) is 2.28. The second-order valence-corrected chi connectivity index (χ2v) is 7.45. The van der Waals surface area contributed by atoms with Crippen molar-refractivity contribution in [2.45, 2.75) is 6.92 Å². The standard InChI is InChI=1S/C22H14N4O4S/c1-13-8-16(26(28)29)6-7-18(13)24-11-15(10-23)21-25-19(12-31-21)17-9-14-4-2-3-5-20(14)30-22(17)27/h2-9,11-12,24H,1H3. The predicted molar refractivity (Wildman–Crippen MR) is 119 cm³/mol. The number of non-ortho nitro benzene ring substituents is 1. The van der Waals surface area contributed by atoms with Crippen LogP contribution in [0.3, 0.4) is 0 Å². The van der Waals surface area contributed by atoms with Gasteiger partial charge in [-0.3, -0.25) is 10.1 Å². The molecule has 8 nitrogen and oxygen atoms in total. The molecule has 31 heavy (non-hydrogen) atoms. The minimum absolute atomic E-state index is 0.00804. The maximum atomic E-state index is 12.4. The van der Waals surface area contributed by atoms with E-state index in [4.69, 9.17) is 4.42 Å². The Kier molecular flexibility index (Phi) is 5.30. The molecule has 0 radical (unpaired) electrons. The van der Waals surface area contributed by atoms with Gasteiger partial charge in [0.25, 0.3) is 5.69 Å². The van der Waals surface area contributed by atoms with Gasteiger partial charge in [0, 0.05) is 34.8 Å². The number of hydrogen-bond donors (Lipinski definition) is 1. The number of allylic oxidation sites excluding steroid dienone is 1. The summed E-state index contributed by atoms with van der Waals surface area (Å²) < 4.78 is 5.36. The normalized spacial score (nSPS) is 11.3. The van der Waals surface area contributed by atoms with Crippen LogP contribution < -0.4 is 10.9 Å². The Morgan fingerprint density at radius 2 is 2.10 bits per heavy atom. The van der Waals surface area contributed by atoms with E-state index in [0.717, 1.165) is 5.39 Å². The molecule has 0 spiro atoms. The number of nitrogens with one attached hydrogen (secondary N) is 1. The molecular formula is C22H14N4O4S. The Labute approximate surface area is 179 Å². The average molecular weight is 430 g/mol. The largest absolute Gasteiger partial charge is 0.422 e. The number of benzene rings is 2. The van der Waals surface area contributed by atoms with Crippen LogP contribution in [0.1, 0.15) is 10.6 Å². The molecule has 0 fully saturated rings. The molecule has 0 unspecified atom stereocenters. The molecule has 0 aliphatic heterocycles. The highest BCUT2D eigenvalue weighted by molar-refractivity contribution is 7.11. The summed E-state index contributed by atoms with van der Waals surface area (Å²) in [7, 11) is 0. The smallest absolute Gasteiger partial charge is 0.345 e. The summed E-state index contributed by atoms with van der Waals surface area (Å²) in [4.78, 5) is 27.2. The molecule has 0 aliphatic rings. The SMILES string of the molecule is Cc1cc([N+](=O)[O-])ccc1NC=C(C#N)c1nc(-c2cc3ccccc3oc2=O)cs1. The number of thiazole rings is 1. The maximum Gasteiger partial charge on any atom is 0.345 e. The molecule has 0 amide bonds. The number of rotatable bonds is 5. The molecule has 0 aliphatic carbocycles. The van der Waals surface area contributed by atoms with Crippen molar-refractivity contribution in [3.8, 4) is 17.3 Å². The number of fused-ring (bicyclic) bond motifs is 1. The first-order valence-corrected chi connectivity index (χ1v) is 9.95. The molecule has 4 rings (SSSR count). The van der Waals surface area contributed by atoms with Gasteiger partial charge in [-0.15, -0.1) is 11.3 Å². The topological polar surface area (TPSA) is 122 Å². The van der Waals surface area contributed by atoms with Crippen LogP contribution in [-0.4, -0.2) is 9.91 Å². The predicted octanol–water partition coefficient (Wildman–Crippen LogP) is 5.11. The van der Waals surface area contributed by atoms with Gasteiger partial charge in [0.1, 0.15) is 22.2 Å². The van der Waals surface area contributed by atoms with Crippen molar-refractivity contribution < 1.29 is 9.34 Å². The van der Waals surface area contributed by atoms with Crippen LogP contribution in [0.15, 0.2) is 69.3 Å². The second kappa shape index (κ2) is 8.22. The third kappa shape index (κ3) is 4.05. The summed E-state index contributed by atoms with van der Waals surface area (Å²) >= 11 is 1.23. The Balaban J connectivity index is 1.63. The molecule has 9 heteroatoms. The monoisotopic (exact) mass is 430 g/mol. The Morgan fingerprint density at radius 3 is 2.84 bits per heavy atom. The lowest BCUT2D eigenvalue weighted by atomic mass is 10.1. The molecule has 0 atom stereocenters. The lowest BCUT2D eigenvalue weighted by molar-refractivity contribution is -0.384. The van der Waals surface area contributed by atoms with Crippen LogP contribution in [0.4, 0.5) is 11.4 Å². The van der Waals surface area contributed by atoms with Gasteiger partial charge in [-0.1, -0.05) is 18.2 Å². The zero-order valence-electron chi connectivity index (χ0n) is 16.2. The van der Waals surface area contributed by atoms with Crippen LogP contribution in [0, 0.1) is 28.4 Å². The van der Waals surface area contributed by atoms with Crippen molar-refractivity contribution in [3.63, 3.8) is 0 Å². The quantitative estimate of drug-likeness (QED) is 0.202. The molecule has 2 heterocycles. The number of aromatic nitrogens is 1. The first-order chi connectivity index (χ1) is 15.0. The van der Waals surface area contributed by atoms with Crippen molar-refractivity contribution in [1.82, 2.24) is 4.98 Å². The number of nitrogens with zero attached hydrogens (tertiary/aromatic N) is 3. The molecule has 1 N–H and O–H groups in total. The highest BCUT2D eigenvalue weighted by Gasteiger charge is 2.14. The van der Waals surface area contributed by atoms with Gasteiger partial charge in [-0.25, -0.2) is 9.78 Å². The highest BCUT2D eigenvalue weighted by Crippen LogP contribution is 2.27. The molecule has 2 aromatic heterocycles. The number of nitro groups is 1. The van der Waals surface area contributed by atoms with Crippen LogP contribution in [0.25, 0.3) is 27.8 Å². The summed E-state index contributed by atoms with van der Waals surface area (Å²) in [6, 6.07) is 15.4. The summed E-state index contributed by atoms with van der Waals surface area (Å²) in [5, 5.41) is 26.3. The minimum atomic E-state index is -0.502. The Morgan fingerprint density at radius 1 is 1.29 bits per heavy atom. The molecule has 0 saturated carbocycles. The van der Waals surface area contributed by atoms with Crippen LogP contribution in [-0.2, 0) is 0 Å². The number of para-hydroxylation sites is 1. The van der Waals surface area contributed by atoms with E-state index in [0.29, 0.717) is 33.1 Å². The number of aryl methyl sites for hydroxylation is 1. The van der Waals surface area contributed by atoms with E-state index in [2.05, 4.69) is 16.4 Å². The molecule has 0 saturated heterocycles. The van der Waals surface area contributed by atoms with Crippen molar-refractivity contribution in [1.29, 1.82) is 5.26 Å². The molecule has 4 aromatic rings. The maximum absolute atomic E-state index is 12.4. The fraction of sp³-hybridized carbons (Fsp3) is 0.0455. The van der Waals surface area contributed by atoms with E-state index < -0.39 is 10.5 Å². The van der Waals surface area contributed by atoms with Gasteiger partial charge >= 0.3 is 5.63 Å². The third-order valence-corrected chi connectivity index (χ3v) is 5.44. The van der Waals surface area contributed by atoms with Gasteiger partial charge in [-0.05, 0) is 30.7 Å². The van der Waals surface area contributed by atoms with E-state index in [9.17, 15) is 20.2 Å². The van der Waals surface area contributed by atoms with Crippen molar-refractivity contribution in [2.24, 2.45) is 0 Å². The van der Waals surface area contributed by atoms with Crippen LogP contribution in [0.2, 0.25) is 0 Å². The first kappa shape index (κ1) is 20.0. The van der Waals surface area contributed by atoms with Gasteiger partial charge in [0.05, 0.1) is 16.2 Å². The second-order valence-electron chi connectivity index (χ2n) is 6.59. The zero-order valence-corrected chi connectivity index (χ0v) is 17.0. The summed E-state index contributed by atoms with van der Waals surface area (Å²) in [5.74, 6) is 0. The number of nitro benzene ring substituents is 1. The van der Waals surface area contributed by atoms with Crippen molar-refractivity contribution in [2.75, 3.05) is 5.32 Å². The summed E-state index contributed by atoms with van der Waals surface area (Å²) in [6.45, 7) is 1.73. The van der Waals surface area contributed by atoms with Crippen LogP contribution in [0.5, 0.6) is 0 Å². The fourth-order valence-corrected chi connectivity index (χ4v) is 3.76. The Hall–Kier alpha value is -4.29. The van der Waals surface area contributed by atoms with Gasteiger partial charge in [0.2, 0.25) is 0 Å². The van der Waals surface area contributed by atoms with E-state index in [-0.39, 0.29) is 11.3 Å². The first-order valence-electron chi connectivity index (χ1n) is 9.07. The summed E-state index contributed by atoms with van der Waals surface area (Å²) in [6.07, 6.45) is 1.49. The Bertz CT molecular complexity index is 1450. The molecule has 0 bridgehead atoms. The lowest BCUT2D eigenvalue weighted by Gasteiger charge is -2.05. The van der Waals surface area contributed by atoms with Crippen molar-refractivity contribution in [3.05, 3.63) is 91.2 Å². The molecule has 152 valence electrons. The van der Waals surface area contributed by atoms with E-state index in [1.165, 1.54) is 29.7 Å². The average Bonchev–Trinajstić information content (AvgIpc) is 3.24. The molecular weight excluding hydrogens is 416 g/mol. The number of hydrogen-bond acceptors (Lipinski definition) is 8. The number of nitriles is 1. The number of anilines is 1. The highest BCUT2D eigenvalue weighted by atomic mass is 32.1. The zero-order chi connectivity index (χ0) is 22.0. The van der Waals surface area contributed by atoms with Crippen molar-refractivity contribution >= 4 is 39.3 Å². The van der Waals surface area contributed by atoms with E-state index in [1.54, 1.807) is 36.6 Å². The van der Waals surface area contributed by atoms with Gasteiger partial charge in [0.15, 0.2) is 0 Å². The van der Waals surface area contributed by atoms with E-state index >= 15 is 0 Å². The van der Waals surface area contributed by atoms with Gasteiger partial charge < -0.3 is 9.73 Å². The third-order valence-electron chi connectivity index (χ3n) is 4.57. The minimum Gasteiger partial charge on any atom is -0.422 e. The lowest BCUT2D eigenvalue weighted by Crippen LogP contribution is -2.02. The van der Waals surface area contributed by atoms with E-state index in [1.807, 2.05) is 12.1 Å². The molecule has 2 aromatic carbocycles. The van der Waals surface area contributed by atoms with Gasteiger partial charge in [-0.2, -0.15) is 5.26 Å². The van der Waals surface area contributed by atoms with Crippen LogP contribution >= 0.6 is 11.3 Å².